The third-order valence-corrected chi connectivity index (χ3v) is 4.49. The lowest BCUT2D eigenvalue weighted by Crippen LogP contribution is -2.21. The van der Waals surface area contributed by atoms with Gasteiger partial charge in [-0.05, 0) is 30.7 Å². The van der Waals surface area contributed by atoms with Crippen LogP contribution in [-0.4, -0.2) is 11.8 Å². The lowest BCUT2D eigenvalue weighted by molar-refractivity contribution is -0.122. The number of hydrogen-bond donors (Lipinski definition) is 2. The van der Waals surface area contributed by atoms with Crippen LogP contribution in [0.25, 0.3) is 0 Å². The van der Waals surface area contributed by atoms with Crippen LogP contribution >= 0.6 is 23.2 Å². The summed E-state index contributed by atoms with van der Waals surface area (Å²) in [5, 5.41) is 5.67. The first-order valence-corrected chi connectivity index (χ1v) is 8.13. The van der Waals surface area contributed by atoms with Crippen molar-refractivity contribution < 1.29 is 18.4 Å². The van der Waals surface area contributed by atoms with Gasteiger partial charge in [0, 0.05) is 11.8 Å². The van der Waals surface area contributed by atoms with Crippen LogP contribution in [0.1, 0.15) is 6.42 Å². The highest BCUT2D eigenvalue weighted by Gasteiger charge is 2.48. The summed E-state index contributed by atoms with van der Waals surface area (Å²) in [5.41, 5.74) is 0.423. The van der Waals surface area contributed by atoms with Gasteiger partial charge in [-0.2, -0.15) is 0 Å². The molecule has 25 heavy (non-hydrogen) atoms. The fourth-order valence-electron chi connectivity index (χ4n) is 2.42. The molecule has 0 saturated heterocycles. The van der Waals surface area contributed by atoms with E-state index in [-0.39, 0.29) is 11.6 Å². The second kappa shape index (κ2) is 6.98. The average Bonchev–Trinajstić information content (AvgIpc) is 3.35. The Morgan fingerprint density at radius 2 is 1.52 bits per heavy atom. The molecule has 2 aromatic carbocycles. The number of amides is 2. The van der Waals surface area contributed by atoms with Crippen molar-refractivity contribution in [1.82, 2.24) is 0 Å². The van der Waals surface area contributed by atoms with Gasteiger partial charge >= 0.3 is 0 Å². The van der Waals surface area contributed by atoms with E-state index in [1.165, 1.54) is 6.07 Å². The lowest BCUT2D eigenvalue weighted by Gasteiger charge is -2.09. The normalized spacial score (nSPS) is 18.6. The maximum absolute atomic E-state index is 13.2. The highest BCUT2D eigenvalue weighted by molar-refractivity contribution is 6.39. The van der Waals surface area contributed by atoms with Crippen molar-refractivity contribution in [1.29, 1.82) is 0 Å². The molecule has 0 spiro atoms. The van der Waals surface area contributed by atoms with Crippen molar-refractivity contribution in [3.05, 3.63) is 58.1 Å². The molecule has 0 heterocycles. The number of carbonyl (C=O) groups excluding carboxylic acids is 2. The zero-order valence-electron chi connectivity index (χ0n) is 12.7. The topological polar surface area (TPSA) is 58.2 Å². The molecule has 2 aromatic rings. The second-order valence-electron chi connectivity index (χ2n) is 5.65. The van der Waals surface area contributed by atoms with Crippen molar-refractivity contribution in [2.24, 2.45) is 11.8 Å². The summed E-state index contributed by atoms with van der Waals surface area (Å²) in [4.78, 5) is 24.3. The van der Waals surface area contributed by atoms with Crippen molar-refractivity contribution in [3.8, 4) is 0 Å². The molecular formula is C17H12Cl2F2N2O2. The van der Waals surface area contributed by atoms with E-state index in [4.69, 9.17) is 23.2 Å². The van der Waals surface area contributed by atoms with E-state index in [1.54, 1.807) is 18.2 Å². The Morgan fingerprint density at radius 3 is 2.12 bits per heavy atom. The van der Waals surface area contributed by atoms with Gasteiger partial charge in [-0.3, -0.25) is 9.59 Å². The van der Waals surface area contributed by atoms with Gasteiger partial charge in [0.05, 0.1) is 27.6 Å². The number of rotatable bonds is 4. The molecule has 0 aliphatic heterocycles. The van der Waals surface area contributed by atoms with Gasteiger partial charge in [0.1, 0.15) is 0 Å². The largest absolute Gasteiger partial charge is 0.326 e. The minimum absolute atomic E-state index is 0.129. The van der Waals surface area contributed by atoms with Crippen molar-refractivity contribution in [3.63, 3.8) is 0 Å². The first-order chi connectivity index (χ1) is 11.9. The molecule has 0 radical (unpaired) electrons. The fraction of sp³-hybridized carbons (Fsp3) is 0.176. The molecule has 1 aliphatic rings. The highest BCUT2D eigenvalue weighted by Crippen LogP contribution is 2.41. The fourth-order valence-corrected chi connectivity index (χ4v) is 2.91. The number of hydrogen-bond acceptors (Lipinski definition) is 2. The number of para-hydroxylation sites is 1. The summed E-state index contributed by atoms with van der Waals surface area (Å²) in [6.45, 7) is 0. The standard InChI is InChI=1S/C17H12Cl2F2N2O2/c18-11-2-1-3-12(19)15(11)23-17(25)10-7-9(10)16(24)22-8-4-5-13(20)14(21)6-8/h1-6,9-10H,7H2,(H,22,24)(H,23,25). The molecule has 2 unspecified atom stereocenters. The number of halogens is 4. The average molecular weight is 385 g/mol. The SMILES string of the molecule is O=C(Nc1ccc(F)c(F)c1)C1CC1C(=O)Nc1c(Cl)cccc1Cl. The number of benzene rings is 2. The van der Waals surface area contributed by atoms with Gasteiger partial charge in [-0.15, -0.1) is 0 Å². The summed E-state index contributed by atoms with van der Waals surface area (Å²) >= 11 is 12.0. The molecular weight excluding hydrogens is 373 g/mol. The summed E-state index contributed by atoms with van der Waals surface area (Å²) in [6.07, 6.45) is 0.351. The Balaban J connectivity index is 1.60. The van der Waals surface area contributed by atoms with Gasteiger partial charge in [0.2, 0.25) is 11.8 Å². The monoisotopic (exact) mass is 384 g/mol. The molecule has 8 heteroatoms. The molecule has 0 aromatic heterocycles. The molecule has 4 nitrogen and oxygen atoms in total. The van der Waals surface area contributed by atoms with Crippen LogP contribution in [0.5, 0.6) is 0 Å². The molecule has 130 valence electrons. The minimum Gasteiger partial charge on any atom is -0.326 e. The summed E-state index contributed by atoms with van der Waals surface area (Å²) in [5.74, 6) is -3.95. The quantitative estimate of drug-likeness (QED) is 0.815. The number of carbonyl (C=O) groups is 2. The van der Waals surface area contributed by atoms with Crippen LogP contribution in [0.3, 0.4) is 0 Å². The van der Waals surface area contributed by atoms with Gasteiger partial charge in [-0.1, -0.05) is 29.3 Å². The number of anilines is 2. The summed E-state index contributed by atoms with van der Waals surface area (Å²) < 4.78 is 26.0. The third-order valence-electron chi connectivity index (χ3n) is 3.86. The Kier molecular flexibility index (Phi) is 4.92. The van der Waals surface area contributed by atoms with Crippen LogP contribution in [0, 0.1) is 23.5 Å². The Bertz CT molecular complexity index is 840. The van der Waals surface area contributed by atoms with E-state index < -0.39 is 29.4 Å². The van der Waals surface area contributed by atoms with E-state index in [9.17, 15) is 18.4 Å². The second-order valence-corrected chi connectivity index (χ2v) is 6.47. The predicted octanol–water partition coefficient (Wildman–Crippen LogP) is 4.48. The number of nitrogens with one attached hydrogen (secondary N) is 2. The maximum atomic E-state index is 13.2. The summed E-state index contributed by atoms with van der Waals surface area (Å²) in [7, 11) is 0. The molecule has 2 N–H and O–H groups in total. The smallest absolute Gasteiger partial charge is 0.228 e. The predicted molar refractivity (Wildman–Crippen MR) is 91.7 cm³/mol. The molecule has 2 atom stereocenters. The van der Waals surface area contributed by atoms with E-state index in [1.807, 2.05) is 0 Å². The zero-order chi connectivity index (χ0) is 18.1. The summed E-state index contributed by atoms with van der Waals surface area (Å²) in [6, 6.07) is 7.87. The lowest BCUT2D eigenvalue weighted by atomic mass is 10.2. The van der Waals surface area contributed by atoms with E-state index in [0.717, 1.165) is 12.1 Å². The Hall–Kier alpha value is -2.18. The molecule has 1 fully saturated rings. The van der Waals surface area contributed by atoms with Crippen LogP contribution in [-0.2, 0) is 9.59 Å². The minimum atomic E-state index is -1.06. The van der Waals surface area contributed by atoms with Crippen LogP contribution < -0.4 is 10.6 Å². The Labute approximate surface area is 152 Å². The Morgan fingerprint density at radius 1 is 0.920 bits per heavy atom. The third kappa shape index (κ3) is 3.91. The molecule has 3 rings (SSSR count). The van der Waals surface area contributed by atoms with E-state index in [0.29, 0.717) is 22.2 Å². The van der Waals surface area contributed by atoms with Crippen molar-refractivity contribution in [2.45, 2.75) is 6.42 Å². The van der Waals surface area contributed by atoms with Gasteiger partial charge in [0.25, 0.3) is 0 Å². The molecule has 0 bridgehead atoms. The first kappa shape index (κ1) is 17.6. The molecule has 1 aliphatic carbocycles. The van der Waals surface area contributed by atoms with Crippen LogP contribution in [0.2, 0.25) is 10.0 Å². The zero-order valence-corrected chi connectivity index (χ0v) is 14.2. The molecule has 2 amide bonds. The van der Waals surface area contributed by atoms with Crippen molar-refractivity contribution in [2.75, 3.05) is 10.6 Å². The van der Waals surface area contributed by atoms with Crippen LogP contribution in [0.4, 0.5) is 20.2 Å². The van der Waals surface area contributed by atoms with Crippen LogP contribution in [0.15, 0.2) is 36.4 Å². The maximum Gasteiger partial charge on any atom is 0.228 e. The van der Waals surface area contributed by atoms with Crippen molar-refractivity contribution >= 4 is 46.4 Å². The highest BCUT2D eigenvalue weighted by atomic mass is 35.5. The molecule has 1 saturated carbocycles. The first-order valence-electron chi connectivity index (χ1n) is 7.37. The van der Waals surface area contributed by atoms with Gasteiger partial charge < -0.3 is 10.6 Å². The van der Waals surface area contributed by atoms with Gasteiger partial charge in [-0.25, -0.2) is 8.78 Å². The van der Waals surface area contributed by atoms with E-state index >= 15 is 0 Å². The van der Waals surface area contributed by atoms with E-state index in [2.05, 4.69) is 10.6 Å². The van der Waals surface area contributed by atoms with Gasteiger partial charge in [0.15, 0.2) is 11.6 Å².